The monoisotopic (exact) mass is 192 g/mol. The van der Waals surface area contributed by atoms with Gasteiger partial charge < -0.3 is 5.32 Å². The lowest BCUT2D eigenvalue weighted by atomic mass is 10.4. The highest BCUT2D eigenvalue weighted by Gasteiger charge is 2.17. The lowest BCUT2D eigenvalue weighted by Gasteiger charge is -1.96. The zero-order valence-corrected chi connectivity index (χ0v) is 8.84. The second-order valence-electron chi connectivity index (χ2n) is 3.34. The predicted molar refractivity (Wildman–Crippen MR) is 54.1 cm³/mol. The number of hydrogen-bond acceptors (Lipinski definition) is 3. The molecule has 2 heterocycles. The molecule has 0 aliphatic carbocycles. The van der Waals surface area contributed by atoms with Crippen molar-refractivity contribution in [3.05, 3.63) is 11.6 Å². The molecule has 2 aromatic rings. The zero-order chi connectivity index (χ0) is 10.3. The molecule has 0 amide bonds. The van der Waals surface area contributed by atoms with Crippen LogP contribution in [0.2, 0.25) is 0 Å². The summed E-state index contributed by atoms with van der Waals surface area (Å²) in [6.45, 7) is 3.90. The van der Waals surface area contributed by atoms with E-state index in [0.29, 0.717) is 0 Å². The first-order valence-corrected chi connectivity index (χ1v) is 4.54. The number of H-pyrrole nitrogens is 1. The van der Waals surface area contributed by atoms with Crippen LogP contribution in [0.25, 0.3) is 11.2 Å². The van der Waals surface area contributed by atoms with E-state index in [4.69, 9.17) is 0 Å². The molecule has 0 unspecified atom stereocenters. The first kappa shape index (κ1) is 8.93. The minimum Gasteiger partial charge on any atom is -0.370 e. The van der Waals surface area contributed by atoms with Gasteiger partial charge in [0.15, 0.2) is 11.6 Å². The Hall–Kier alpha value is -1.65. The SMILES string of the molecule is CNc1nc(C)nc2c1[nH]c(C)[n+]2C. The number of fused-ring (bicyclic) bond motifs is 1. The third-order valence-electron chi connectivity index (χ3n) is 2.37. The summed E-state index contributed by atoms with van der Waals surface area (Å²) in [5.74, 6) is 2.68. The van der Waals surface area contributed by atoms with Crippen molar-refractivity contribution in [3.63, 3.8) is 0 Å². The van der Waals surface area contributed by atoms with Gasteiger partial charge in [-0.05, 0) is 0 Å². The highest BCUT2D eigenvalue weighted by molar-refractivity contribution is 5.80. The lowest BCUT2D eigenvalue weighted by Crippen LogP contribution is -2.30. The number of hydrogen-bond donors (Lipinski definition) is 2. The first-order valence-electron chi connectivity index (χ1n) is 4.54. The van der Waals surface area contributed by atoms with Crippen LogP contribution in [0.4, 0.5) is 5.82 Å². The molecule has 0 aliphatic rings. The van der Waals surface area contributed by atoms with Gasteiger partial charge in [-0.2, -0.15) is 4.98 Å². The Morgan fingerprint density at radius 1 is 1.29 bits per heavy atom. The van der Waals surface area contributed by atoms with E-state index >= 15 is 0 Å². The maximum absolute atomic E-state index is 4.39. The number of anilines is 1. The van der Waals surface area contributed by atoms with E-state index in [9.17, 15) is 0 Å². The molecule has 0 saturated heterocycles. The maximum atomic E-state index is 4.39. The number of aromatic nitrogens is 4. The van der Waals surface area contributed by atoms with E-state index < -0.39 is 0 Å². The van der Waals surface area contributed by atoms with Gasteiger partial charge in [-0.3, -0.25) is 4.98 Å². The van der Waals surface area contributed by atoms with E-state index in [1.165, 1.54) is 0 Å². The van der Waals surface area contributed by atoms with E-state index in [1.807, 2.05) is 32.5 Å². The van der Waals surface area contributed by atoms with Crippen LogP contribution in [-0.4, -0.2) is 22.0 Å². The first-order chi connectivity index (χ1) is 6.63. The Kier molecular flexibility index (Phi) is 1.87. The predicted octanol–water partition coefficient (Wildman–Crippen LogP) is 0.441. The number of aryl methyl sites for hydroxylation is 3. The van der Waals surface area contributed by atoms with Crippen molar-refractivity contribution >= 4 is 17.0 Å². The molecule has 0 fully saturated rings. The quantitative estimate of drug-likeness (QED) is 0.645. The van der Waals surface area contributed by atoms with Gasteiger partial charge in [-0.25, -0.2) is 4.57 Å². The van der Waals surface area contributed by atoms with Crippen molar-refractivity contribution in [2.75, 3.05) is 12.4 Å². The Morgan fingerprint density at radius 3 is 2.64 bits per heavy atom. The van der Waals surface area contributed by atoms with Gasteiger partial charge >= 0.3 is 5.65 Å². The maximum Gasteiger partial charge on any atom is 0.307 e. The summed E-state index contributed by atoms with van der Waals surface area (Å²) in [5, 5.41) is 3.06. The fraction of sp³-hybridized carbons (Fsp3) is 0.444. The summed E-state index contributed by atoms with van der Waals surface area (Å²) in [6.07, 6.45) is 0. The number of nitrogens with zero attached hydrogens (tertiary/aromatic N) is 3. The van der Waals surface area contributed by atoms with Crippen LogP contribution in [0, 0.1) is 13.8 Å². The number of aromatic amines is 1. The molecule has 14 heavy (non-hydrogen) atoms. The smallest absolute Gasteiger partial charge is 0.307 e. The van der Waals surface area contributed by atoms with Gasteiger partial charge in [-0.15, -0.1) is 0 Å². The summed E-state index contributed by atoms with van der Waals surface area (Å²) in [7, 11) is 3.84. The molecule has 0 aromatic carbocycles. The fourth-order valence-electron chi connectivity index (χ4n) is 1.52. The second-order valence-corrected chi connectivity index (χ2v) is 3.34. The lowest BCUT2D eigenvalue weighted by molar-refractivity contribution is -0.653. The van der Waals surface area contributed by atoms with E-state index in [2.05, 4.69) is 20.3 Å². The normalized spacial score (nSPS) is 10.9. The number of nitrogens with one attached hydrogen (secondary N) is 2. The van der Waals surface area contributed by atoms with Crippen LogP contribution >= 0.6 is 0 Å². The van der Waals surface area contributed by atoms with Gasteiger partial charge in [0.25, 0.3) is 0 Å². The third kappa shape index (κ3) is 1.13. The van der Waals surface area contributed by atoms with Crippen molar-refractivity contribution in [3.8, 4) is 0 Å². The van der Waals surface area contributed by atoms with Crippen LogP contribution in [-0.2, 0) is 7.05 Å². The Morgan fingerprint density at radius 2 is 2.00 bits per heavy atom. The van der Waals surface area contributed by atoms with Crippen LogP contribution in [0.1, 0.15) is 11.6 Å². The number of imidazole rings is 1. The fourth-order valence-corrected chi connectivity index (χ4v) is 1.52. The molecule has 0 radical (unpaired) electrons. The summed E-state index contributed by atoms with van der Waals surface area (Å²) in [4.78, 5) is 11.9. The standard InChI is InChI=1S/C9H13N5/c1-5-11-8(10-3)7-9(12-5)14(4)6(2)13-7/h1-4H3,(H,10,11,12)/p+1. The van der Waals surface area contributed by atoms with Gasteiger partial charge in [0, 0.05) is 20.9 Å². The van der Waals surface area contributed by atoms with Crippen molar-refractivity contribution in [2.24, 2.45) is 7.05 Å². The molecule has 2 rings (SSSR count). The van der Waals surface area contributed by atoms with Gasteiger partial charge in [-0.1, -0.05) is 4.98 Å². The Labute approximate surface area is 82.2 Å². The topological polar surface area (TPSA) is 57.5 Å². The van der Waals surface area contributed by atoms with Gasteiger partial charge in [0.1, 0.15) is 0 Å². The molecule has 2 aromatic heterocycles. The van der Waals surface area contributed by atoms with E-state index in [1.54, 1.807) is 0 Å². The summed E-state index contributed by atoms with van der Waals surface area (Å²) in [6, 6.07) is 0. The summed E-state index contributed by atoms with van der Waals surface area (Å²) >= 11 is 0. The van der Waals surface area contributed by atoms with Crippen molar-refractivity contribution < 1.29 is 4.57 Å². The second kappa shape index (κ2) is 2.94. The Balaban J connectivity index is 2.87. The van der Waals surface area contributed by atoms with Crippen molar-refractivity contribution in [1.29, 1.82) is 0 Å². The molecule has 0 atom stereocenters. The van der Waals surface area contributed by atoms with Crippen molar-refractivity contribution in [1.82, 2.24) is 15.0 Å². The Bertz CT molecular complexity index is 485. The van der Waals surface area contributed by atoms with Crippen LogP contribution < -0.4 is 9.88 Å². The molecule has 0 saturated carbocycles. The largest absolute Gasteiger partial charge is 0.370 e. The average molecular weight is 192 g/mol. The molecule has 74 valence electrons. The van der Waals surface area contributed by atoms with Gasteiger partial charge in [0.05, 0.1) is 7.05 Å². The molecular weight excluding hydrogens is 178 g/mol. The van der Waals surface area contributed by atoms with Crippen LogP contribution in [0.15, 0.2) is 0 Å². The molecule has 2 N–H and O–H groups in total. The molecule has 5 heteroatoms. The minimum absolute atomic E-state index is 0.774. The van der Waals surface area contributed by atoms with E-state index in [0.717, 1.165) is 28.6 Å². The van der Waals surface area contributed by atoms with Crippen molar-refractivity contribution in [2.45, 2.75) is 13.8 Å². The van der Waals surface area contributed by atoms with Gasteiger partial charge in [0.2, 0.25) is 11.3 Å². The van der Waals surface area contributed by atoms with Crippen LogP contribution in [0.3, 0.4) is 0 Å². The third-order valence-corrected chi connectivity index (χ3v) is 2.37. The van der Waals surface area contributed by atoms with Crippen LogP contribution in [0.5, 0.6) is 0 Å². The summed E-state index contributed by atoms with van der Waals surface area (Å²) in [5.41, 5.74) is 1.89. The zero-order valence-electron chi connectivity index (χ0n) is 8.84. The van der Waals surface area contributed by atoms with E-state index in [-0.39, 0.29) is 0 Å². The highest BCUT2D eigenvalue weighted by atomic mass is 15.2. The summed E-state index contributed by atoms with van der Waals surface area (Å²) < 4.78 is 2.02. The molecule has 0 spiro atoms. The molecule has 5 nitrogen and oxygen atoms in total. The molecular formula is C9H14N5+. The molecule has 0 bridgehead atoms. The number of rotatable bonds is 1. The highest BCUT2D eigenvalue weighted by Crippen LogP contribution is 2.15. The average Bonchev–Trinajstić information content (AvgIpc) is 2.43. The minimum atomic E-state index is 0.774. The molecule has 0 aliphatic heterocycles.